The van der Waals surface area contributed by atoms with Crippen LogP contribution < -0.4 is 10.7 Å². The van der Waals surface area contributed by atoms with Crippen LogP contribution >= 0.6 is 11.3 Å². The van der Waals surface area contributed by atoms with E-state index in [1.165, 1.54) is 49.8 Å². The Labute approximate surface area is 195 Å². The molecule has 2 amide bonds. The van der Waals surface area contributed by atoms with Crippen molar-refractivity contribution in [2.45, 2.75) is 31.2 Å². The molecule has 0 aliphatic carbocycles. The van der Waals surface area contributed by atoms with Crippen LogP contribution in [0.3, 0.4) is 0 Å². The van der Waals surface area contributed by atoms with Gasteiger partial charge in [-0.1, -0.05) is 0 Å². The predicted molar refractivity (Wildman–Crippen MR) is 123 cm³/mol. The second-order valence-corrected chi connectivity index (χ2v) is 11.3. The van der Waals surface area contributed by atoms with Gasteiger partial charge in [0.05, 0.1) is 10.6 Å². The monoisotopic (exact) mass is 493 g/mol. The van der Waals surface area contributed by atoms with Crippen molar-refractivity contribution < 1.29 is 22.4 Å². The Morgan fingerprint density at radius 3 is 2.30 bits per heavy atom. The number of primary amides is 1. The number of hydrogen-bond acceptors (Lipinski definition) is 7. The van der Waals surface area contributed by atoms with Crippen LogP contribution in [-0.4, -0.2) is 67.4 Å². The van der Waals surface area contributed by atoms with Crippen molar-refractivity contribution in [2.24, 2.45) is 10.8 Å². The largest absolute Gasteiger partial charge is 0.368 e. The molecule has 2 aliphatic heterocycles. The van der Waals surface area contributed by atoms with E-state index in [1.807, 2.05) is 6.92 Å². The molecule has 1 saturated heterocycles. The fourth-order valence-corrected chi connectivity index (χ4v) is 6.96. The maximum atomic E-state index is 13.3. The zero-order valence-corrected chi connectivity index (χ0v) is 19.8. The van der Waals surface area contributed by atoms with E-state index in [-0.39, 0.29) is 44.2 Å². The number of benzene rings is 1. The number of nitrogens with zero attached hydrogens (tertiary/aromatic N) is 4. The summed E-state index contributed by atoms with van der Waals surface area (Å²) < 4.78 is 40.7. The molecule has 2 N–H and O–H groups in total. The van der Waals surface area contributed by atoms with Gasteiger partial charge in [0.15, 0.2) is 0 Å². The number of rotatable bonds is 5. The van der Waals surface area contributed by atoms with Crippen LogP contribution in [-0.2, 0) is 19.6 Å². The van der Waals surface area contributed by atoms with Crippen molar-refractivity contribution in [3.05, 3.63) is 45.9 Å². The van der Waals surface area contributed by atoms with Crippen molar-refractivity contribution in [2.75, 3.05) is 31.2 Å². The number of aryl methyl sites for hydroxylation is 2. The van der Waals surface area contributed by atoms with Gasteiger partial charge in [0.25, 0.3) is 5.91 Å². The van der Waals surface area contributed by atoms with Crippen molar-refractivity contribution in [1.29, 1.82) is 0 Å². The zero-order valence-electron chi connectivity index (χ0n) is 18.2. The average Bonchev–Trinajstić information content (AvgIpc) is 3.37. The van der Waals surface area contributed by atoms with Crippen molar-refractivity contribution in [3.63, 3.8) is 0 Å². The fourth-order valence-electron chi connectivity index (χ4n) is 4.01. The minimum atomic E-state index is -3.63. The van der Waals surface area contributed by atoms with Crippen LogP contribution in [0.2, 0.25) is 0 Å². The fraction of sp³-hybridized carbons (Fsp3) is 0.381. The van der Waals surface area contributed by atoms with E-state index in [0.717, 1.165) is 9.75 Å². The summed E-state index contributed by atoms with van der Waals surface area (Å²) in [5, 5.41) is 5.63. The van der Waals surface area contributed by atoms with Gasteiger partial charge in [-0.15, -0.1) is 11.3 Å². The summed E-state index contributed by atoms with van der Waals surface area (Å²) in [4.78, 5) is 28.5. The highest BCUT2D eigenvalue weighted by Gasteiger charge is 2.38. The average molecular weight is 494 g/mol. The second-order valence-electron chi connectivity index (χ2n) is 7.96. The Bertz CT molecular complexity index is 1220. The van der Waals surface area contributed by atoms with E-state index in [0.29, 0.717) is 10.6 Å². The summed E-state index contributed by atoms with van der Waals surface area (Å²) in [6.45, 7) is 4.39. The SMILES string of the molecule is Cc1cc(S(=O)(=O)N2CCN(C(=O)C3=NN(c4ccc(F)cc4)C(C(N)=O)C3)CC2)c(C)s1. The van der Waals surface area contributed by atoms with Crippen LogP contribution in [0, 0.1) is 19.7 Å². The first-order valence-corrected chi connectivity index (χ1v) is 12.6. The highest BCUT2D eigenvalue weighted by atomic mass is 32.2. The van der Waals surface area contributed by atoms with Crippen LogP contribution in [0.25, 0.3) is 0 Å². The summed E-state index contributed by atoms with van der Waals surface area (Å²) in [6.07, 6.45) is 0.0252. The third-order valence-corrected chi connectivity index (χ3v) is 8.84. The Kier molecular flexibility index (Phi) is 6.25. The van der Waals surface area contributed by atoms with Crippen LogP contribution in [0.1, 0.15) is 16.2 Å². The number of sulfonamides is 1. The number of thiophene rings is 1. The molecule has 1 aromatic carbocycles. The lowest BCUT2D eigenvalue weighted by atomic mass is 10.1. The number of piperazine rings is 1. The summed E-state index contributed by atoms with van der Waals surface area (Å²) in [7, 11) is -3.63. The molecule has 2 aliphatic rings. The highest BCUT2D eigenvalue weighted by molar-refractivity contribution is 7.89. The highest BCUT2D eigenvalue weighted by Crippen LogP contribution is 2.29. The van der Waals surface area contributed by atoms with Gasteiger partial charge in [-0.25, -0.2) is 12.8 Å². The molecule has 9 nitrogen and oxygen atoms in total. The molecule has 176 valence electrons. The number of hydrogen-bond donors (Lipinski definition) is 1. The molecule has 4 rings (SSSR count). The molecule has 1 atom stereocenters. The van der Waals surface area contributed by atoms with Crippen molar-refractivity contribution >= 4 is 44.6 Å². The predicted octanol–water partition coefficient (Wildman–Crippen LogP) is 1.46. The Morgan fingerprint density at radius 1 is 1.12 bits per heavy atom. The van der Waals surface area contributed by atoms with Crippen molar-refractivity contribution in [1.82, 2.24) is 9.21 Å². The maximum Gasteiger partial charge on any atom is 0.270 e. The third-order valence-electron chi connectivity index (χ3n) is 5.72. The zero-order chi connectivity index (χ0) is 23.9. The normalized spacial score (nSPS) is 19.6. The van der Waals surface area contributed by atoms with E-state index in [2.05, 4.69) is 5.10 Å². The van der Waals surface area contributed by atoms with E-state index in [1.54, 1.807) is 13.0 Å². The minimum absolute atomic E-state index is 0.0252. The molecule has 33 heavy (non-hydrogen) atoms. The first-order chi connectivity index (χ1) is 15.6. The third kappa shape index (κ3) is 4.50. The topological polar surface area (TPSA) is 116 Å². The first kappa shape index (κ1) is 23.3. The quantitative estimate of drug-likeness (QED) is 0.677. The number of amides is 2. The van der Waals surface area contributed by atoms with Gasteiger partial charge in [-0.05, 0) is 44.2 Å². The van der Waals surface area contributed by atoms with Gasteiger partial charge in [-0.2, -0.15) is 9.41 Å². The first-order valence-electron chi connectivity index (χ1n) is 10.4. The maximum absolute atomic E-state index is 13.3. The number of anilines is 1. The summed E-state index contributed by atoms with van der Waals surface area (Å²) in [5.74, 6) is -1.46. The van der Waals surface area contributed by atoms with E-state index < -0.39 is 27.8 Å². The molecular formula is C21H24FN5O4S2. The van der Waals surface area contributed by atoms with Crippen LogP contribution in [0.15, 0.2) is 40.3 Å². The molecule has 0 radical (unpaired) electrons. The second kappa shape index (κ2) is 8.84. The number of carbonyl (C=O) groups excluding carboxylic acids is 2. The molecule has 0 spiro atoms. The van der Waals surface area contributed by atoms with E-state index in [9.17, 15) is 22.4 Å². The van der Waals surface area contributed by atoms with Gasteiger partial charge < -0.3 is 10.6 Å². The summed E-state index contributed by atoms with van der Waals surface area (Å²) >= 11 is 1.43. The van der Waals surface area contributed by atoms with Gasteiger partial charge >= 0.3 is 0 Å². The van der Waals surface area contributed by atoms with E-state index >= 15 is 0 Å². The van der Waals surface area contributed by atoms with Crippen LogP contribution in [0.4, 0.5) is 10.1 Å². The molecular weight excluding hydrogens is 469 g/mol. The molecule has 12 heteroatoms. The lowest BCUT2D eigenvalue weighted by Gasteiger charge is -2.33. The van der Waals surface area contributed by atoms with Gasteiger partial charge in [0.1, 0.15) is 17.6 Å². The molecule has 1 aromatic heterocycles. The molecule has 0 bridgehead atoms. The lowest BCUT2D eigenvalue weighted by molar-refractivity contribution is -0.125. The number of nitrogens with two attached hydrogens (primary N) is 1. The summed E-state index contributed by atoms with van der Waals surface area (Å²) in [5.41, 5.74) is 6.11. The molecule has 2 aromatic rings. The Hall–Kier alpha value is -2.83. The van der Waals surface area contributed by atoms with E-state index in [4.69, 9.17) is 5.73 Å². The summed E-state index contributed by atoms with van der Waals surface area (Å²) in [6, 6.07) is 6.20. The number of hydrazone groups is 1. The molecule has 3 heterocycles. The minimum Gasteiger partial charge on any atom is -0.368 e. The Morgan fingerprint density at radius 2 is 1.76 bits per heavy atom. The molecule has 1 fully saturated rings. The smallest absolute Gasteiger partial charge is 0.270 e. The number of halogens is 1. The van der Waals surface area contributed by atoms with Crippen LogP contribution in [0.5, 0.6) is 0 Å². The number of carbonyl (C=O) groups is 2. The standard InChI is InChI=1S/C21H24FN5O4S2/c1-13-11-19(14(2)32-13)33(30,31)26-9-7-25(8-10-26)21(29)17-12-18(20(23)28)27(24-17)16-5-3-15(22)4-6-16/h3-6,11,18H,7-10,12H2,1-2H3,(H2,23,28). The van der Waals surface area contributed by atoms with Gasteiger partial charge in [0, 0.05) is 42.4 Å². The van der Waals surface area contributed by atoms with Crippen molar-refractivity contribution in [3.8, 4) is 0 Å². The molecule has 0 saturated carbocycles. The van der Waals surface area contributed by atoms with Gasteiger partial charge in [-0.3, -0.25) is 14.6 Å². The lowest BCUT2D eigenvalue weighted by Crippen LogP contribution is -2.52. The van der Waals surface area contributed by atoms with Gasteiger partial charge in [0.2, 0.25) is 15.9 Å². The molecule has 1 unspecified atom stereocenters. The Balaban J connectivity index is 1.47.